The number of methoxy groups -OCH3 is 1. The van der Waals surface area contributed by atoms with Crippen molar-refractivity contribution in [3.63, 3.8) is 0 Å². The number of hydrogen-bond acceptors (Lipinski definition) is 5. The molecular weight excluding hydrogens is 192 g/mol. The van der Waals surface area contributed by atoms with E-state index >= 15 is 0 Å². The van der Waals surface area contributed by atoms with Gasteiger partial charge >= 0.3 is 11.9 Å². The fourth-order valence-electron chi connectivity index (χ4n) is 1.28. The van der Waals surface area contributed by atoms with Crippen molar-refractivity contribution in [3.05, 3.63) is 0 Å². The Morgan fingerprint density at radius 1 is 1.57 bits per heavy atom. The summed E-state index contributed by atoms with van der Waals surface area (Å²) < 4.78 is 9.18. The van der Waals surface area contributed by atoms with Crippen LogP contribution >= 0.6 is 0 Å². The van der Waals surface area contributed by atoms with Crippen LogP contribution in [0.5, 0.6) is 0 Å². The summed E-state index contributed by atoms with van der Waals surface area (Å²) in [5.41, 5.74) is 0. The third-order valence-corrected chi connectivity index (χ3v) is 1.99. The van der Waals surface area contributed by atoms with Gasteiger partial charge in [0.1, 0.15) is 12.5 Å². The van der Waals surface area contributed by atoms with Gasteiger partial charge in [0.2, 0.25) is 0 Å². The molecule has 1 aliphatic rings. The van der Waals surface area contributed by atoms with Crippen molar-refractivity contribution in [2.75, 3.05) is 13.7 Å². The highest BCUT2D eigenvalue weighted by Crippen LogP contribution is 2.20. The lowest BCUT2D eigenvalue weighted by atomic mass is 9.94. The van der Waals surface area contributed by atoms with Gasteiger partial charge in [-0.1, -0.05) is 0 Å². The van der Waals surface area contributed by atoms with Crippen molar-refractivity contribution in [2.24, 2.45) is 5.92 Å². The zero-order chi connectivity index (χ0) is 10.7. The molecule has 6 nitrogen and oxygen atoms in total. The van der Waals surface area contributed by atoms with Crippen LogP contribution in [0.3, 0.4) is 0 Å². The van der Waals surface area contributed by atoms with Crippen LogP contribution in [0.25, 0.3) is 0 Å². The number of rotatable bonds is 2. The Kier molecular flexibility index (Phi) is 3.19. The molecule has 0 radical (unpaired) electrons. The topological polar surface area (TPSA) is 89.9 Å². The Balaban J connectivity index is 2.77. The van der Waals surface area contributed by atoms with Gasteiger partial charge in [-0.15, -0.1) is 0 Å². The zero-order valence-corrected chi connectivity index (χ0v) is 7.56. The van der Waals surface area contributed by atoms with Gasteiger partial charge in [-0.3, -0.25) is 9.59 Å². The van der Waals surface area contributed by atoms with Crippen molar-refractivity contribution < 1.29 is 29.0 Å². The molecule has 0 aromatic rings. The predicted octanol–water partition coefficient (Wildman–Crippen LogP) is -0.782. The van der Waals surface area contributed by atoms with E-state index in [9.17, 15) is 14.4 Å². The summed E-state index contributed by atoms with van der Waals surface area (Å²) in [6.45, 7) is -0.233. The van der Waals surface area contributed by atoms with Crippen molar-refractivity contribution in [3.8, 4) is 0 Å². The minimum absolute atomic E-state index is 0.185. The normalized spacial score (nSPS) is 27.1. The van der Waals surface area contributed by atoms with Crippen LogP contribution in [0.4, 0.5) is 0 Å². The number of ketones is 1. The van der Waals surface area contributed by atoms with E-state index in [1.54, 1.807) is 0 Å². The maximum absolute atomic E-state index is 11.1. The molecule has 78 valence electrons. The largest absolute Gasteiger partial charge is 0.481 e. The number of carbonyl (C=O) groups is 3. The standard InChI is InChI=1S/C8H10O6/c1-13-8(12)6-5(7(10)11)2-4(9)3-14-6/h5-6H,2-3H2,1H3,(H,10,11)/t5?,6-/m0/s1. The molecule has 0 aliphatic carbocycles. The molecule has 1 fully saturated rings. The van der Waals surface area contributed by atoms with E-state index in [0.717, 1.165) is 7.11 Å². The molecule has 0 amide bonds. The monoisotopic (exact) mass is 202 g/mol. The molecule has 0 saturated carbocycles. The molecular formula is C8H10O6. The van der Waals surface area contributed by atoms with Crippen LogP contribution < -0.4 is 0 Å². The predicted molar refractivity (Wildman–Crippen MR) is 42.5 cm³/mol. The highest BCUT2D eigenvalue weighted by Gasteiger charge is 2.40. The average Bonchev–Trinajstić information content (AvgIpc) is 2.16. The summed E-state index contributed by atoms with van der Waals surface area (Å²) in [7, 11) is 1.14. The molecule has 6 heteroatoms. The molecule has 1 saturated heterocycles. The molecule has 2 atom stereocenters. The summed E-state index contributed by atoms with van der Waals surface area (Å²) in [5, 5.41) is 8.73. The number of carboxylic acid groups (broad SMARTS) is 1. The van der Waals surface area contributed by atoms with Crippen molar-refractivity contribution in [2.45, 2.75) is 12.5 Å². The van der Waals surface area contributed by atoms with E-state index in [2.05, 4.69) is 4.74 Å². The quantitative estimate of drug-likeness (QED) is 0.590. The molecule has 0 bridgehead atoms. The zero-order valence-electron chi connectivity index (χ0n) is 7.56. The number of hydrogen-bond donors (Lipinski definition) is 1. The van der Waals surface area contributed by atoms with Gasteiger partial charge in [0.05, 0.1) is 7.11 Å². The summed E-state index contributed by atoms with van der Waals surface area (Å²) >= 11 is 0. The second kappa shape index (κ2) is 4.19. The van der Waals surface area contributed by atoms with Crippen LogP contribution in [0, 0.1) is 5.92 Å². The van der Waals surface area contributed by atoms with E-state index in [1.165, 1.54) is 0 Å². The van der Waals surface area contributed by atoms with Crippen LogP contribution in [-0.2, 0) is 23.9 Å². The molecule has 1 aliphatic heterocycles. The lowest BCUT2D eigenvalue weighted by Crippen LogP contribution is -2.44. The number of esters is 1. The number of carbonyl (C=O) groups excluding carboxylic acids is 2. The Bertz CT molecular complexity index is 271. The van der Waals surface area contributed by atoms with Gasteiger partial charge in [-0.05, 0) is 0 Å². The van der Waals surface area contributed by atoms with Gasteiger partial charge < -0.3 is 14.6 Å². The van der Waals surface area contributed by atoms with Gasteiger partial charge in [-0.25, -0.2) is 4.79 Å². The lowest BCUT2D eigenvalue weighted by molar-refractivity contribution is -0.173. The van der Waals surface area contributed by atoms with Crippen LogP contribution in [-0.4, -0.2) is 42.6 Å². The summed E-state index contributed by atoms with van der Waals surface area (Å²) in [6, 6.07) is 0. The Hall–Kier alpha value is -1.43. The Morgan fingerprint density at radius 3 is 2.71 bits per heavy atom. The number of Topliss-reactive ketones (excluding diaryl/α,β-unsaturated/α-hetero) is 1. The van der Waals surface area contributed by atoms with Gasteiger partial charge in [0, 0.05) is 6.42 Å². The summed E-state index contributed by atoms with van der Waals surface area (Å²) in [4.78, 5) is 32.7. The Labute approximate surface area is 79.8 Å². The first-order valence-electron chi connectivity index (χ1n) is 4.00. The van der Waals surface area contributed by atoms with Crippen LogP contribution in [0.15, 0.2) is 0 Å². The second-order valence-electron chi connectivity index (χ2n) is 2.94. The highest BCUT2D eigenvalue weighted by atomic mass is 16.6. The smallest absolute Gasteiger partial charge is 0.335 e. The van der Waals surface area contributed by atoms with E-state index in [4.69, 9.17) is 9.84 Å². The van der Waals surface area contributed by atoms with E-state index in [-0.39, 0.29) is 18.8 Å². The fourth-order valence-corrected chi connectivity index (χ4v) is 1.28. The van der Waals surface area contributed by atoms with Crippen LogP contribution in [0.2, 0.25) is 0 Å². The summed E-state index contributed by atoms with van der Waals surface area (Å²) in [6.07, 6.45) is -1.36. The van der Waals surface area contributed by atoms with Gasteiger partial charge in [0.25, 0.3) is 0 Å². The summed E-state index contributed by atoms with van der Waals surface area (Å²) in [5.74, 6) is -3.44. The van der Waals surface area contributed by atoms with Gasteiger partial charge in [-0.2, -0.15) is 0 Å². The number of ether oxygens (including phenoxy) is 2. The maximum Gasteiger partial charge on any atom is 0.335 e. The molecule has 0 aromatic heterocycles. The second-order valence-corrected chi connectivity index (χ2v) is 2.94. The highest BCUT2D eigenvalue weighted by molar-refractivity contribution is 5.91. The Morgan fingerprint density at radius 2 is 2.21 bits per heavy atom. The minimum Gasteiger partial charge on any atom is -0.481 e. The molecule has 1 rings (SSSR count). The molecule has 0 spiro atoms. The molecule has 0 aromatic carbocycles. The van der Waals surface area contributed by atoms with E-state index in [0.29, 0.717) is 0 Å². The van der Waals surface area contributed by atoms with Crippen molar-refractivity contribution in [1.29, 1.82) is 0 Å². The van der Waals surface area contributed by atoms with E-state index < -0.39 is 24.0 Å². The van der Waals surface area contributed by atoms with Crippen molar-refractivity contribution >= 4 is 17.7 Å². The number of aliphatic carboxylic acids is 1. The maximum atomic E-state index is 11.1. The fraction of sp³-hybridized carbons (Fsp3) is 0.625. The number of carboxylic acids is 1. The molecule has 1 unspecified atom stereocenters. The minimum atomic E-state index is -1.23. The van der Waals surface area contributed by atoms with Crippen LogP contribution in [0.1, 0.15) is 6.42 Å². The SMILES string of the molecule is COC(=O)[C@H]1OCC(=O)CC1C(=O)O. The molecule has 14 heavy (non-hydrogen) atoms. The van der Waals surface area contributed by atoms with Crippen molar-refractivity contribution in [1.82, 2.24) is 0 Å². The molecule has 1 heterocycles. The third-order valence-electron chi connectivity index (χ3n) is 1.99. The lowest BCUT2D eigenvalue weighted by Gasteiger charge is -2.25. The average molecular weight is 202 g/mol. The van der Waals surface area contributed by atoms with Gasteiger partial charge in [0.15, 0.2) is 11.9 Å². The first-order chi connectivity index (χ1) is 6.56. The molecule has 1 N–H and O–H groups in total. The third kappa shape index (κ3) is 2.08. The first-order valence-corrected chi connectivity index (χ1v) is 4.00. The first kappa shape index (κ1) is 10.6. The van der Waals surface area contributed by atoms with E-state index in [1.807, 2.05) is 0 Å².